The first-order valence-corrected chi connectivity index (χ1v) is 5.30. The van der Waals surface area contributed by atoms with Crippen molar-refractivity contribution < 1.29 is 14.6 Å². The van der Waals surface area contributed by atoms with Gasteiger partial charge >= 0.3 is 5.97 Å². The van der Waals surface area contributed by atoms with Gasteiger partial charge in [0.05, 0.1) is 13.2 Å². The average molecular weight is 232 g/mol. The molecule has 1 aromatic carbocycles. The molecule has 0 saturated carbocycles. The van der Waals surface area contributed by atoms with E-state index in [1.165, 1.54) is 13.2 Å². The predicted octanol–water partition coefficient (Wildman–Crippen LogP) is 2.04. The molecule has 90 valence electrons. The largest absolute Gasteiger partial charge is 0.468 e. The predicted molar refractivity (Wildman–Crippen MR) is 67.2 cm³/mol. The molecule has 0 fully saturated rings. The second kappa shape index (κ2) is 6.66. The smallest absolute Gasteiger partial charge is 0.315 e. The summed E-state index contributed by atoms with van der Waals surface area (Å²) in [7, 11) is 1.28. The summed E-state index contributed by atoms with van der Waals surface area (Å²) in [5, 5.41) is 9.81. The first-order valence-electron chi connectivity index (χ1n) is 5.30. The van der Waals surface area contributed by atoms with E-state index in [0.717, 1.165) is 5.56 Å². The van der Waals surface area contributed by atoms with E-state index in [1.807, 2.05) is 30.3 Å². The van der Waals surface area contributed by atoms with E-state index in [0.29, 0.717) is 0 Å². The number of esters is 1. The van der Waals surface area contributed by atoms with Crippen molar-refractivity contribution in [1.82, 2.24) is 0 Å². The Morgan fingerprint density at radius 1 is 1.41 bits per heavy atom. The van der Waals surface area contributed by atoms with Gasteiger partial charge in [0.25, 0.3) is 0 Å². The molecule has 0 saturated heterocycles. The lowest BCUT2D eigenvalue weighted by atomic mass is 10.0. The first kappa shape index (κ1) is 13.2. The van der Waals surface area contributed by atoms with Gasteiger partial charge in [-0.15, -0.1) is 6.58 Å². The van der Waals surface area contributed by atoms with Crippen molar-refractivity contribution in [2.45, 2.75) is 6.10 Å². The maximum absolute atomic E-state index is 11.3. The summed E-state index contributed by atoms with van der Waals surface area (Å²) in [5.41, 5.74) is 0.958. The van der Waals surface area contributed by atoms with Gasteiger partial charge in [0, 0.05) is 0 Å². The SMILES string of the molecule is C=CC(C(=O)OC)C(O)/C=C/c1ccccc1. The van der Waals surface area contributed by atoms with Crippen LogP contribution in [0.15, 0.2) is 49.1 Å². The average Bonchev–Trinajstić information content (AvgIpc) is 2.38. The minimum absolute atomic E-state index is 0.495. The van der Waals surface area contributed by atoms with Crippen LogP contribution < -0.4 is 0 Å². The fourth-order valence-electron chi connectivity index (χ4n) is 1.40. The molecule has 0 bridgehead atoms. The van der Waals surface area contributed by atoms with E-state index in [9.17, 15) is 9.90 Å². The zero-order valence-electron chi connectivity index (χ0n) is 9.74. The zero-order chi connectivity index (χ0) is 12.7. The Morgan fingerprint density at radius 2 is 2.06 bits per heavy atom. The van der Waals surface area contributed by atoms with Crippen molar-refractivity contribution >= 4 is 12.0 Å². The van der Waals surface area contributed by atoms with Gasteiger partial charge in [-0.1, -0.05) is 48.6 Å². The molecule has 1 rings (SSSR count). The lowest BCUT2D eigenvalue weighted by molar-refractivity contribution is -0.146. The zero-order valence-corrected chi connectivity index (χ0v) is 9.74. The van der Waals surface area contributed by atoms with Crippen molar-refractivity contribution in [2.24, 2.45) is 5.92 Å². The van der Waals surface area contributed by atoms with Crippen LogP contribution in [-0.2, 0) is 9.53 Å². The summed E-state index contributed by atoms with van der Waals surface area (Å²) in [5.74, 6) is -1.23. The van der Waals surface area contributed by atoms with Gasteiger partial charge in [0.1, 0.15) is 5.92 Å². The number of aliphatic hydroxyl groups excluding tert-OH is 1. The van der Waals surface area contributed by atoms with Crippen LogP contribution in [0, 0.1) is 5.92 Å². The number of hydrogen-bond donors (Lipinski definition) is 1. The number of rotatable bonds is 5. The maximum atomic E-state index is 11.3. The Morgan fingerprint density at radius 3 is 2.59 bits per heavy atom. The molecular weight excluding hydrogens is 216 g/mol. The van der Waals surface area contributed by atoms with Crippen molar-refractivity contribution in [3.05, 3.63) is 54.6 Å². The molecule has 0 heterocycles. The van der Waals surface area contributed by atoms with Crippen LogP contribution in [0.2, 0.25) is 0 Å². The summed E-state index contributed by atoms with van der Waals surface area (Å²) < 4.78 is 4.57. The molecule has 0 radical (unpaired) electrons. The van der Waals surface area contributed by atoms with E-state index in [2.05, 4.69) is 11.3 Å². The molecule has 0 aliphatic rings. The quantitative estimate of drug-likeness (QED) is 0.624. The van der Waals surface area contributed by atoms with Crippen LogP contribution in [0.3, 0.4) is 0 Å². The minimum Gasteiger partial charge on any atom is -0.468 e. The Kier molecular flexibility index (Phi) is 5.17. The molecule has 0 aliphatic heterocycles. The second-order valence-corrected chi connectivity index (χ2v) is 3.55. The molecule has 17 heavy (non-hydrogen) atoms. The highest BCUT2D eigenvalue weighted by Crippen LogP contribution is 2.11. The third kappa shape index (κ3) is 3.89. The van der Waals surface area contributed by atoms with Crippen molar-refractivity contribution in [1.29, 1.82) is 0 Å². The fraction of sp³-hybridized carbons (Fsp3) is 0.214. The summed E-state index contributed by atoms with van der Waals surface area (Å²) in [6.45, 7) is 3.51. The molecule has 3 nitrogen and oxygen atoms in total. The van der Waals surface area contributed by atoms with E-state index in [-0.39, 0.29) is 0 Å². The van der Waals surface area contributed by atoms with Crippen LogP contribution in [0.1, 0.15) is 5.56 Å². The van der Waals surface area contributed by atoms with Gasteiger partial charge < -0.3 is 9.84 Å². The number of hydrogen-bond acceptors (Lipinski definition) is 3. The normalized spacial score (nSPS) is 14.2. The molecular formula is C14H16O3. The molecule has 0 aromatic heterocycles. The van der Waals surface area contributed by atoms with Crippen LogP contribution in [0.25, 0.3) is 6.08 Å². The number of aliphatic hydroxyl groups is 1. The van der Waals surface area contributed by atoms with Gasteiger partial charge in [-0.3, -0.25) is 4.79 Å². The van der Waals surface area contributed by atoms with Crippen LogP contribution >= 0.6 is 0 Å². The molecule has 0 aliphatic carbocycles. The van der Waals surface area contributed by atoms with Gasteiger partial charge in [-0.2, -0.15) is 0 Å². The Hall–Kier alpha value is -1.87. The molecule has 2 unspecified atom stereocenters. The van der Waals surface area contributed by atoms with Gasteiger partial charge in [0.15, 0.2) is 0 Å². The van der Waals surface area contributed by atoms with Crippen LogP contribution in [-0.4, -0.2) is 24.3 Å². The molecule has 2 atom stereocenters. The minimum atomic E-state index is -0.930. The van der Waals surface area contributed by atoms with E-state index < -0.39 is 18.0 Å². The molecule has 1 N–H and O–H groups in total. The summed E-state index contributed by atoms with van der Waals surface area (Å²) in [6.07, 6.45) is 3.76. The molecule has 0 spiro atoms. The molecule has 0 amide bonds. The highest BCUT2D eigenvalue weighted by molar-refractivity contribution is 5.75. The number of carbonyl (C=O) groups is 1. The third-order valence-corrected chi connectivity index (χ3v) is 2.38. The number of carbonyl (C=O) groups excluding carboxylic acids is 1. The maximum Gasteiger partial charge on any atom is 0.315 e. The Bertz CT molecular complexity index is 395. The second-order valence-electron chi connectivity index (χ2n) is 3.55. The number of methoxy groups -OCH3 is 1. The molecule has 1 aromatic rings. The summed E-state index contributed by atoms with van der Waals surface area (Å²) in [4.78, 5) is 11.3. The van der Waals surface area contributed by atoms with E-state index >= 15 is 0 Å². The summed E-state index contributed by atoms with van der Waals surface area (Å²) >= 11 is 0. The highest BCUT2D eigenvalue weighted by atomic mass is 16.5. The van der Waals surface area contributed by atoms with E-state index in [1.54, 1.807) is 12.2 Å². The van der Waals surface area contributed by atoms with Gasteiger partial charge in [-0.05, 0) is 5.56 Å². The Labute approximate surface area is 101 Å². The lowest BCUT2D eigenvalue weighted by Gasteiger charge is -2.13. The van der Waals surface area contributed by atoms with Gasteiger partial charge in [-0.25, -0.2) is 0 Å². The molecule has 3 heteroatoms. The Balaban J connectivity index is 2.70. The highest BCUT2D eigenvalue weighted by Gasteiger charge is 2.22. The van der Waals surface area contributed by atoms with Crippen LogP contribution in [0.4, 0.5) is 0 Å². The standard InChI is InChI=1S/C14H16O3/c1-3-12(14(16)17-2)13(15)10-9-11-7-5-4-6-8-11/h3-10,12-13,15H,1H2,2H3/b10-9+. The van der Waals surface area contributed by atoms with Crippen molar-refractivity contribution in [3.63, 3.8) is 0 Å². The number of ether oxygens (including phenoxy) is 1. The lowest BCUT2D eigenvalue weighted by Crippen LogP contribution is -2.25. The monoisotopic (exact) mass is 232 g/mol. The van der Waals surface area contributed by atoms with Crippen molar-refractivity contribution in [2.75, 3.05) is 7.11 Å². The fourth-order valence-corrected chi connectivity index (χ4v) is 1.40. The summed E-state index contributed by atoms with van der Waals surface area (Å²) in [6, 6.07) is 9.53. The number of benzene rings is 1. The third-order valence-electron chi connectivity index (χ3n) is 2.38. The van der Waals surface area contributed by atoms with E-state index in [4.69, 9.17) is 0 Å². The first-order chi connectivity index (χ1) is 8.19. The van der Waals surface area contributed by atoms with Crippen LogP contribution in [0.5, 0.6) is 0 Å². The topological polar surface area (TPSA) is 46.5 Å². The van der Waals surface area contributed by atoms with Crippen molar-refractivity contribution in [3.8, 4) is 0 Å². The van der Waals surface area contributed by atoms with Gasteiger partial charge in [0.2, 0.25) is 0 Å².